The fourth-order valence-electron chi connectivity index (χ4n) is 2.07. The largest absolute Gasteiger partial charge is 0.481 e. The van der Waals surface area contributed by atoms with Crippen LogP contribution >= 0.6 is 0 Å². The van der Waals surface area contributed by atoms with E-state index in [2.05, 4.69) is 0 Å². The third-order valence-electron chi connectivity index (χ3n) is 3.06. The Kier molecular flexibility index (Phi) is 5.31. The summed E-state index contributed by atoms with van der Waals surface area (Å²) >= 11 is 0. The molecule has 3 unspecified atom stereocenters. The highest BCUT2D eigenvalue weighted by molar-refractivity contribution is 7.86. The maximum Gasteiger partial charge on any atom is 0.307 e. The van der Waals surface area contributed by atoms with E-state index in [9.17, 15) is 13.2 Å². The molecular formula is C11H22N2O5S. The fourth-order valence-corrected chi connectivity index (χ4v) is 3.68. The van der Waals surface area contributed by atoms with Crippen LogP contribution in [0.2, 0.25) is 0 Å². The Morgan fingerprint density at radius 2 is 1.89 bits per heavy atom. The number of carboxylic acids is 1. The highest BCUT2D eigenvalue weighted by Gasteiger charge is 2.34. The molecule has 1 rings (SSSR count). The van der Waals surface area contributed by atoms with Crippen molar-refractivity contribution in [3.05, 3.63) is 0 Å². The van der Waals surface area contributed by atoms with E-state index >= 15 is 0 Å². The molecule has 7 nitrogen and oxygen atoms in total. The lowest BCUT2D eigenvalue weighted by Crippen LogP contribution is -2.53. The van der Waals surface area contributed by atoms with Gasteiger partial charge >= 0.3 is 5.97 Å². The summed E-state index contributed by atoms with van der Waals surface area (Å²) in [5.74, 6) is -1.75. The highest BCUT2D eigenvalue weighted by atomic mass is 32.2. The Hall–Kier alpha value is -0.700. The van der Waals surface area contributed by atoms with Crippen molar-refractivity contribution in [2.24, 2.45) is 5.92 Å². The van der Waals surface area contributed by atoms with E-state index in [0.717, 1.165) is 4.31 Å². The van der Waals surface area contributed by atoms with Crippen molar-refractivity contribution in [3.8, 4) is 0 Å². The molecule has 1 N–H and O–H groups in total. The minimum absolute atomic E-state index is 0.0439. The number of ether oxygens (including phenoxy) is 1. The van der Waals surface area contributed by atoms with Crippen LogP contribution in [-0.2, 0) is 19.7 Å². The van der Waals surface area contributed by atoms with E-state index in [-0.39, 0.29) is 18.8 Å². The molecule has 1 fully saturated rings. The molecule has 0 aliphatic carbocycles. The molecule has 0 bridgehead atoms. The van der Waals surface area contributed by atoms with Gasteiger partial charge in [-0.15, -0.1) is 0 Å². The number of carbonyl (C=O) groups is 1. The van der Waals surface area contributed by atoms with E-state index in [4.69, 9.17) is 9.84 Å². The Labute approximate surface area is 114 Å². The normalized spacial score (nSPS) is 27.4. The molecule has 0 amide bonds. The predicted octanol–water partition coefficient (Wildman–Crippen LogP) is -0.00710. The van der Waals surface area contributed by atoms with Gasteiger partial charge in [-0.1, -0.05) is 6.92 Å². The molecule has 1 saturated heterocycles. The van der Waals surface area contributed by atoms with Gasteiger partial charge in [0, 0.05) is 26.7 Å². The lowest BCUT2D eigenvalue weighted by molar-refractivity contribution is -0.141. The molecule has 0 aromatic carbocycles. The smallest absolute Gasteiger partial charge is 0.307 e. The summed E-state index contributed by atoms with van der Waals surface area (Å²) in [6.07, 6.45) is -0.326. The molecule has 0 aromatic rings. The second-order valence-electron chi connectivity index (χ2n) is 5.10. The Bertz CT molecular complexity index is 415. The lowest BCUT2D eigenvalue weighted by Gasteiger charge is -2.36. The van der Waals surface area contributed by atoms with Crippen LogP contribution < -0.4 is 0 Å². The number of hydrogen-bond donors (Lipinski definition) is 1. The zero-order chi connectivity index (χ0) is 14.8. The van der Waals surface area contributed by atoms with Crippen molar-refractivity contribution in [2.75, 3.05) is 26.7 Å². The summed E-state index contributed by atoms with van der Waals surface area (Å²) in [5.41, 5.74) is 0. The van der Waals surface area contributed by atoms with Gasteiger partial charge in [-0.05, 0) is 13.8 Å². The average molecular weight is 294 g/mol. The van der Waals surface area contributed by atoms with Crippen LogP contribution in [-0.4, -0.2) is 67.0 Å². The second-order valence-corrected chi connectivity index (χ2v) is 7.14. The lowest BCUT2D eigenvalue weighted by atomic mass is 10.2. The number of nitrogens with zero attached hydrogens (tertiary/aromatic N) is 2. The van der Waals surface area contributed by atoms with Crippen molar-refractivity contribution < 1.29 is 23.1 Å². The fraction of sp³-hybridized carbons (Fsp3) is 0.909. The first kappa shape index (κ1) is 16.4. The zero-order valence-corrected chi connectivity index (χ0v) is 12.6. The zero-order valence-electron chi connectivity index (χ0n) is 11.7. The van der Waals surface area contributed by atoms with Crippen LogP contribution in [0.5, 0.6) is 0 Å². The molecule has 0 aromatic heterocycles. The minimum atomic E-state index is -3.63. The van der Waals surface area contributed by atoms with Crippen molar-refractivity contribution >= 4 is 16.2 Å². The summed E-state index contributed by atoms with van der Waals surface area (Å²) in [5, 5.41) is 8.84. The van der Waals surface area contributed by atoms with E-state index < -0.39 is 22.1 Å². The first-order valence-corrected chi connectivity index (χ1v) is 7.64. The molecule has 3 atom stereocenters. The van der Waals surface area contributed by atoms with E-state index in [1.54, 1.807) is 0 Å². The van der Waals surface area contributed by atoms with Gasteiger partial charge in [-0.3, -0.25) is 4.79 Å². The van der Waals surface area contributed by atoms with Crippen LogP contribution in [0.1, 0.15) is 20.8 Å². The number of morpholine rings is 1. The Balaban J connectivity index is 2.76. The summed E-state index contributed by atoms with van der Waals surface area (Å²) in [6, 6.07) is 0. The van der Waals surface area contributed by atoms with Crippen LogP contribution in [0.15, 0.2) is 0 Å². The highest BCUT2D eigenvalue weighted by Crippen LogP contribution is 2.17. The van der Waals surface area contributed by atoms with Crippen molar-refractivity contribution in [2.45, 2.75) is 33.0 Å². The molecule has 0 radical (unpaired) electrons. The minimum Gasteiger partial charge on any atom is -0.481 e. The molecule has 1 heterocycles. The van der Waals surface area contributed by atoms with Crippen molar-refractivity contribution in [1.29, 1.82) is 0 Å². The first-order valence-electron chi connectivity index (χ1n) is 6.24. The molecule has 8 heteroatoms. The molecule has 1 aliphatic rings. The summed E-state index contributed by atoms with van der Waals surface area (Å²) in [7, 11) is -2.23. The van der Waals surface area contributed by atoms with Gasteiger partial charge in [0.1, 0.15) is 0 Å². The van der Waals surface area contributed by atoms with E-state index in [1.165, 1.54) is 18.3 Å². The maximum absolute atomic E-state index is 12.3. The number of carboxylic acid groups (broad SMARTS) is 1. The molecule has 0 saturated carbocycles. The van der Waals surface area contributed by atoms with Crippen LogP contribution in [0.3, 0.4) is 0 Å². The third kappa shape index (κ3) is 4.13. The molecule has 112 valence electrons. The van der Waals surface area contributed by atoms with E-state index in [1.807, 2.05) is 13.8 Å². The monoisotopic (exact) mass is 294 g/mol. The topological polar surface area (TPSA) is 87.2 Å². The molecule has 0 spiro atoms. The van der Waals surface area contributed by atoms with Crippen LogP contribution in [0.25, 0.3) is 0 Å². The van der Waals surface area contributed by atoms with Gasteiger partial charge in [0.25, 0.3) is 10.2 Å². The SMILES string of the molecule is CC1CN(S(=O)(=O)N(C)CC(C)C(=O)O)CC(C)O1. The van der Waals surface area contributed by atoms with Crippen molar-refractivity contribution in [3.63, 3.8) is 0 Å². The third-order valence-corrected chi connectivity index (χ3v) is 4.95. The average Bonchev–Trinajstić information content (AvgIpc) is 2.27. The van der Waals surface area contributed by atoms with Crippen molar-refractivity contribution in [1.82, 2.24) is 8.61 Å². The quantitative estimate of drug-likeness (QED) is 0.771. The number of hydrogen-bond acceptors (Lipinski definition) is 4. The summed E-state index contributed by atoms with van der Waals surface area (Å²) < 4.78 is 32.6. The van der Waals surface area contributed by atoms with Crippen LogP contribution in [0, 0.1) is 5.92 Å². The number of aliphatic carboxylic acids is 1. The Morgan fingerprint density at radius 1 is 1.42 bits per heavy atom. The predicted molar refractivity (Wildman–Crippen MR) is 69.9 cm³/mol. The summed E-state index contributed by atoms with van der Waals surface area (Å²) in [6.45, 7) is 5.66. The van der Waals surface area contributed by atoms with Gasteiger partial charge in [0.2, 0.25) is 0 Å². The van der Waals surface area contributed by atoms with Gasteiger partial charge in [-0.2, -0.15) is 17.0 Å². The number of rotatable bonds is 5. The second kappa shape index (κ2) is 6.17. The van der Waals surface area contributed by atoms with Gasteiger partial charge < -0.3 is 9.84 Å². The maximum atomic E-state index is 12.3. The Morgan fingerprint density at radius 3 is 2.32 bits per heavy atom. The summed E-state index contributed by atoms with van der Waals surface area (Å²) in [4.78, 5) is 10.8. The standard InChI is InChI=1S/C11H22N2O5S/c1-8(11(14)15)5-12(4)19(16,17)13-6-9(2)18-10(3)7-13/h8-10H,5-7H2,1-4H3,(H,14,15). The van der Waals surface area contributed by atoms with Gasteiger partial charge in [-0.25, -0.2) is 0 Å². The first-order chi connectivity index (χ1) is 8.64. The van der Waals surface area contributed by atoms with Gasteiger partial charge in [0.15, 0.2) is 0 Å². The molecular weight excluding hydrogens is 272 g/mol. The molecule has 19 heavy (non-hydrogen) atoms. The van der Waals surface area contributed by atoms with Gasteiger partial charge in [0.05, 0.1) is 18.1 Å². The molecule has 1 aliphatic heterocycles. The van der Waals surface area contributed by atoms with E-state index in [0.29, 0.717) is 13.1 Å². The van der Waals surface area contributed by atoms with Crippen LogP contribution in [0.4, 0.5) is 0 Å².